The van der Waals surface area contributed by atoms with Crippen LogP contribution in [0.15, 0.2) is 18.2 Å². The summed E-state index contributed by atoms with van der Waals surface area (Å²) in [6.45, 7) is 4.77. The van der Waals surface area contributed by atoms with Crippen LogP contribution in [0.3, 0.4) is 0 Å². The van der Waals surface area contributed by atoms with Crippen molar-refractivity contribution in [1.29, 1.82) is 0 Å². The number of aryl methyl sites for hydroxylation is 1. The Kier molecular flexibility index (Phi) is 7.48. The molecule has 0 unspecified atom stereocenters. The summed E-state index contributed by atoms with van der Waals surface area (Å²) in [6, 6.07) is 3.62. The summed E-state index contributed by atoms with van der Waals surface area (Å²) in [7, 11) is 1.23. The minimum atomic E-state index is -0.914. The third kappa shape index (κ3) is 5.11. The maximum Gasteiger partial charge on any atom is 0.341 e. The zero-order valence-electron chi connectivity index (χ0n) is 16.8. The second kappa shape index (κ2) is 9.83. The second-order valence-corrected chi connectivity index (χ2v) is 7.20. The van der Waals surface area contributed by atoms with Gasteiger partial charge >= 0.3 is 17.6 Å². The number of carbonyl (C=O) groups is 3. The number of benzene rings is 1. The quantitative estimate of drug-likeness (QED) is 0.379. The van der Waals surface area contributed by atoms with E-state index in [2.05, 4.69) is 5.32 Å². The van der Waals surface area contributed by atoms with Gasteiger partial charge in [0.15, 0.2) is 12.4 Å². The number of carbonyl (C=O) groups excluding carboxylic acids is 3. The minimum Gasteiger partial charge on any atom is -0.487 e. The molecule has 0 radical (unpaired) electrons. The molecule has 0 bridgehead atoms. The highest BCUT2D eigenvalue weighted by atomic mass is 32.1. The Bertz CT molecular complexity index is 999. The topological polar surface area (TPSA) is 134 Å². The van der Waals surface area contributed by atoms with Gasteiger partial charge in [-0.15, -0.1) is 11.3 Å². The maximum atomic E-state index is 12.2. The second-order valence-electron chi connectivity index (χ2n) is 5.98. The number of ether oxygens (including phenoxy) is 3. The molecular weight excluding hydrogens is 416 g/mol. The van der Waals surface area contributed by atoms with Gasteiger partial charge in [0.25, 0.3) is 5.91 Å². The van der Waals surface area contributed by atoms with Gasteiger partial charge in [-0.1, -0.05) is 0 Å². The first kappa shape index (κ1) is 22.8. The lowest BCUT2D eigenvalue weighted by atomic mass is 10.1. The van der Waals surface area contributed by atoms with E-state index in [-0.39, 0.29) is 34.2 Å². The molecule has 160 valence electrons. The highest BCUT2D eigenvalue weighted by Gasteiger charge is 2.23. The van der Waals surface area contributed by atoms with Gasteiger partial charge in [0, 0.05) is 10.9 Å². The number of hydrogen-bond acceptors (Lipinski definition) is 9. The van der Waals surface area contributed by atoms with Crippen molar-refractivity contribution in [2.45, 2.75) is 20.8 Å². The van der Waals surface area contributed by atoms with Crippen molar-refractivity contribution in [2.75, 3.05) is 25.6 Å². The van der Waals surface area contributed by atoms with Crippen LogP contribution < -0.4 is 10.1 Å². The zero-order valence-corrected chi connectivity index (χ0v) is 17.6. The summed E-state index contributed by atoms with van der Waals surface area (Å²) in [5.41, 5.74) is 0.432. The molecule has 30 heavy (non-hydrogen) atoms. The summed E-state index contributed by atoms with van der Waals surface area (Å²) in [6.07, 6.45) is 0. The van der Waals surface area contributed by atoms with E-state index in [0.717, 1.165) is 10.9 Å². The number of nitro benzene ring substituents is 1. The minimum absolute atomic E-state index is 0.0237. The Hall–Kier alpha value is -3.47. The van der Waals surface area contributed by atoms with E-state index in [1.165, 1.54) is 30.6 Å². The standard InChI is InChI=1S/C19H20N2O8S/c1-5-28-14-7-6-12(8-13(14)21(25)26)18(23)29-9-15(22)20-17-16(19(24)27-4)10(2)11(3)30-17/h6-8H,5,9H2,1-4H3,(H,20,22). The van der Waals surface area contributed by atoms with Gasteiger partial charge in [0.05, 0.1) is 29.8 Å². The summed E-state index contributed by atoms with van der Waals surface area (Å²) in [4.78, 5) is 47.6. The lowest BCUT2D eigenvalue weighted by molar-refractivity contribution is -0.385. The van der Waals surface area contributed by atoms with Crippen LogP contribution in [0, 0.1) is 24.0 Å². The fourth-order valence-corrected chi connectivity index (χ4v) is 3.57. The number of anilines is 1. The lowest BCUT2D eigenvalue weighted by Crippen LogP contribution is -2.21. The van der Waals surface area contributed by atoms with Crippen molar-refractivity contribution < 1.29 is 33.5 Å². The van der Waals surface area contributed by atoms with Gasteiger partial charge in [-0.05, 0) is 38.5 Å². The lowest BCUT2D eigenvalue weighted by Gasteiger charge is -2.08. The van der Waals surface area contributed by atoms with Crippen LogP contribution in [-0.4, -0.2) is 43.1 Å². The van der Waals surface area contributed by atoms with Crippen LogP contribution in [0.5, 0.6) is 5.75 Å². The van der Waals surface area contributed by atoms with Crippen LogP contribution in [0.1, 0.15) is 38.1 Å². The van der Waals surface area contributed by atoms with E-state index in [4.69, 9.17) is 14.2 Å². The predicted octanol–water partition coefficient (Wildman–Crippen LogP) is 3.25. The largest absolute Gasteiger partial charge is 0.487 e. The molecule has 11 heteroatoms. The van der Waals surface area contributed by atoms with E-state index in [9.17, 15) is 24.5 Å². The predicted molar refractivity (Wildman–Crippen MR) is 108 cm³/mol. The summed E-state index contributed by atoms with van der Waals surface area (Å²) in [5.74, 6) is -2.15. The number of nitrogens with zero attached hydrogens (tertiary/aromatic N) is 1. The number of hydrogen-bond donors (Lipinski definition) is 1. The molecule has 0 aliphatic carbocycles. The molecule has 0 aliphatic heterocycles. The van der Waals surface area contributed by atoms with E-state index in [1.807, 2.05) is 0 Å². The molecule has 1 heterocycles. The Morgan fingerprint density at radius 2 is 1.90 bits per heavy atom. The van der Waals surface area contributed by atoms with Gasteiger partial charge in [-0.2, -0.15) is 0 Å². The molecule has 2 rings (SSSR count). The Morgan fingerprint density at radius 1 is 1.20 bits per heavy atom. The van der Waals surface area contributed by atoms with Gasteiger partial charge in [0.1, 0.15) is 5.00 Å². The number of amides is 1. The summed E-state index contributed by atoms with van der Waals surface area (Å²) >= 11 is 1.19. The third-order valence-corrected chi connectivity index (χ3v) is 5.18. The molecule has 2 aromatic rings. The monoisotopic (exact) mass is 436 g/mol. The fraction of sp³-hybridized carbons (Fsp3) is 0.316. The zero-order chi connectivity index (χ0) is 22.4. The van der Waals surface area contributed by atoms with Crippen molar-refractivity contribution in [3.63, 3.8) is 0 Å². The number of esters is 2. The maximum absolute atomic E-state index is 12.2. The molecule has 1 aromatic carbocycles. The van der Waals surface area contributed by atoms with E-state index in [0.29, 0.717) is 5.56 Å². The number of nitrogens with one attached hydrogen (secondary N) is 1. The summed E-state index contributed by atoms with van der Waals surface area (Å²) in [5, 5.41) is 14.0. The molecule has 10 nitrogen and oxygen atoms in total. The van der Waals surface area contributed by atoms with Crippen LogP contribution in [0.4, 0.5) is 10.7 Å². The van der Waals surface area contributed by atoms with Gasteiger partial charge in [0.2, 0.25) is 0 Å². The molecule has 1 N–H and O–H groups in total. The average Bonchev–Trinajstić information content (AvgIpc) is 2.99. The smallest absolute Gasteiger partial charge is 0.341 e. The normalized spacial score (nSPS) is 10.3. The van der Waals surface area contributed by atoms with Crippen molar-refractivity contribution in [3.8, 4) is 5.75 Å². The summed E-state index contributed by atoms with van der Waals surface area (Å²) < 4.78 is 14.8. The van der Waals surface area contributed by atoms with Crippen LogP contribution >= 0.6 is 11.3 Å². The van der Waals surface area contributed by atoms with Crippen LogP contribution in [0.2, 0.25) is 0 Å². The highest BCUT2D eigenvalue weighted by molar-refractivity contribution is 7.16. The highest BCUT2D eigenvalue weighted by Crippen LogP contribution is 2.33. The molecule has 1 aromatic heterocycles. The number of rotatable bonds is 8. The van der Waals surface area contributed by atoms with Crippen molar-refractivity contribution >= 4 is 39.9 Å². The van der Waals surface area contributed by atoms with Gasteiger partial charge < -0.3 is 19.5 Å². The number of methoxy groups -OCH3 is 1. The van der Waals surface area contributed by atoms with Crippen molar-refractivity contribution in [1.82, 2.24) is 0 Å². The first-order valence-electron chi connectivity index (χ1n) is 8.76. The molecule has 0 fully saturated rings. The molecular formula is C19H20N2O8S. The first-order valence-corrected chi connectivity index (χ1v) is 9.57. The number of thiophene rings is 1. The van der Waals surface area contributed by atoms with Crippen molar-refractivity contribution in [2.24, 2.45) is 0 Å². The van der Waals surface area contributed by atoms with Crippen molar-refractivity contribution in [3.05, 3.63) is 49.9 Å². The van der Waals surface area contributed by atoms with Gasteiger partial charge in [-0.25, -0.2) is 9.59 Å². The van der Waals surface area contributed by atoms with Crippen LogP contribution in [-0.2, 0) is 14.3 Å². The fourth-order valence-electron chi connectivity index (χ4n) is 2.50. The SMILES string of the molecule is CCOc1ccc(C(=O)OCC(=O)Nc2sc(C)c(C)c2C(=O)OC)cc1[N+](=O)[O-]. The Labute approximate surface area is 175 Å². The average molecular weight is 436 g/mol. The van der Waals surface area contributed by atoms with Crippen LogP contribution in [0.25, 0.3) is 0 Å². The third-order valence-electron chi connectivity index (χ3n) is 4.05. The van der Waals surface area contributed by atoms with E-state index in [1.54, 1.807) is 20.8 Å². The Morgan fingerprint density at radius 3 is 2.50 bits per heavy atom. The van der Waals surface area contributed by atoms with E-state index >= 15 is 0 Å². The Balaban J connectivity index is 2.08. The molecule has 0 spiro atoms. The molecule has 0 saturated carbocycles. The first-order chi connectivity index (χ1) is 14.2. The molecule has 1 amide bonds. The molecule has 0 aliphatic rings. The molecule has 0 atom stereocenters. The van der Waals surface area contributed by atoms with Gasteiger partial charge in [-0.3, -0.25) is 14.9 Å². The van der Waals surface area contributed by atoms with E-state index < -0.39 is 29.4 Å². The molecule has 0 saturated heterocycles. The number of nitro groups is 1.